The molecule has 20 heavy (non-hydrogen) atoms. The second-order valence-electron chi connectivity index (χ2n) is 4.72. The predicted molar refractivity (Wildman–Crippen MR) is 69.4 cm³/mol. The van der Waals surface area contributed by atoms with Crippen molar-refractivity contribution in [3.05, 3.63) is 44.0 Å². The van der Waals surface area contributed by atoms with Gasteiger partial charge in [0.05, 0.1) is 21.8 Å². The van der Waals surface area contributed by atoms with Gasteiger partial charge in [-0.25, -0.2) is 0 Å². The number of nitrogens with zero attached hydrogens (tertiary/aromatic N) is 2. The van der Waals surface area contributed by atoms with Crippen LogP contribution in [0.2, 0.25) is 0 Å². The summed E-state index contributed by atoms with van der Waals surface area (Å²) < 4.78 is 0. The molecule has 1 unspecified atom stereocenters. The minimum atomic E-state index is -1.05. The van der Waals surface area contributed by atoms with Crippen molar-refractivity contribution in [1.82, 2.24) is 0 Å². The van der Waals surface area contributed by atoms with E-state index in [0.29, 0.717) is 0 Å². The summed E-state index contributed by atoms with van der Waals surface area (Å²) in [4.78, 5) is 31.2. The fraction of sp³-hybridized carbons (Fsp3) is 0.417. The van der Waals surface area contributed by atoms with E-state index in [-0.39, 0.29) is 17.9 Å². The highest BCUT2D eigenvalue weighted by atomic mass is 16.6. The Kier molecular flexibility index (Phi) is 4.73. The zero-order valence-electron chi connectivity index (χ0n) is 11.0. The lowest BCUT2D eigenvalue weighted by Gasteiger charge is -2.15. The van der Waals surface area contributed by atoms with Gasteiger partial charge in [0.1, 0.15) is 0 Å². The van der Waals surface area contributed by atoms with Crippen LogP contribution in [-0.2, 0) is 11.2 Å². The van der Waals surface area contributed by atoms with Crippen molar-refractivity contribution in [1.29, 1.82) is 0 Å². The molecule has 8 nitrogen and oxygen atoms in total. The molecular formula is C12H14N2O6. The Labute approximate surface area is 114 Å². The molecule has 0 saturated heterocycles. The number of nitro benzene ring substituents is 2. The highest BCUT2D eigenvalue weighted by Crippen LogP contribution is 2.28. The Morgan fingerprint density at radius 2 is 1.85 bits per heavy atom. The first kappa shape index (κ1) is 15.5. The summed E-state index contributed by atoms with van der Waals surface area (Å²) in [6.07, 6.45) is -0.0404. The van der Waals surface area contributed by atoms with Crippen LogP contribution in [0.3, 0.4) is 0 Å². The molecule has 0 fully saturated rings. The third-order valence-electron chi connectivity index (χ3n) is 3.04. The Hall–Kier alpha value is -2.51. The zero-order chi connectivity index (χ0) is 15.4. The molecule has 108 valence electrons. The number of nitro groups is 2. The second kappa shape index (κ2) is 6.09. The van der Waals surface area contributed by atoms with E-state index >= 15 is 0 Å². The molecule has 0 aromatic heterocycles. The summed E-state index contributed by atoms with van der Waals surface area (Å²) in [5, 5.41) is 30.7. The number of benzene rings is 1. The van der Waals surface area contributed by atoms with Gasteiger partial charge in [-0.15, -0.1) is 0 Å². The number of carboxylic acid groups (broad SMARTS) is 1. The van der Waals surface area contributed by atoms with Gasteiger partial charge in [0.2, 0.25) is 0 Å². The van der Waals surface area contributed by atoms with Crippen molar-refractivity contribution in [3.63, 3.8) is 0 Å². The van der Waals surface area contributed by atoms with E-state index in [1.807, 2.05) is 0 Å². The molecule has 0 saturated carbocycles. The molecular weight excluding hydrogens is 268 g/mol. The summed E-state index contributed by atoms with van der Waals surface area (Å²) in [6, 6.07) is 3.24. The monoisotopic (exact) mass is 282 g/mol. The SMILES string of the molecule is CC(C)C(Cc1ccc([N+](=O)[O-])cc1[N+](=O)[O-])C(=O)O. The highest BCUT2D eigenvalue weighted by Gasteiger charge is 2.27. The normalized spacial score (nSPS) is 12.2. The van der Waals surface area contributed by atoms with Gasteiger partial charge in [0, 0.05) is 11.6 Å². The molecule has 0 aliphatic heterocycles. The van der Waals surface area contributed by atoms with Gasteiger partial charge in [-0.05, 0) is 18.4 Å². The molecule has 0 heterocycles. The first-order valence-electron chi connectivity index (χ1n) is 5.88. The molecule has 0 spiro atoms. The van der Waals surface area contributed by atoms with E-state index < -0.39 is 33.1 Å². The van der Waals surface area contributed by atoms with Crippen molar-refractivity contribution in [2.45, 2.75) is 20.3 Å². The summed E-state index contributed by atoms with van der Waals surface area (Å²) in [5.74, 6) is -2.04. The summed E-state index contributed by atoms with van der Waals surface area (Å²) in [7, 11) is 0. The molecule has 0 aliphatic rings. The summed E-state index contributed by atoms with van der Waals surface area (Å²) in [5.41, 5.74) is -0.635. The first-order valence-corrected chi connectivity index (χ1v) is 5.88. The lowest BCUT2D eigenvalue weighted by molar-refractivity contribution is -0.394. The maximum Gasteiger partial charge on any atom is 0.307 e. The number of aliphatic carboxylic acids is 1. The van der Waals surface area contributed by atoms with Crippen LogP contribution in [0.25, 0.3) is 0 Å². The van der Waals surface area contributed by atoms with Crippen molar-refractivity contribution in [3.8, 4) is 0 Å². The summed E-state index contributed by atoms with van der Waals surface area (Å²) in [6.45, 7) is 3.41. The van der Waals surface area contributed by atoms with Crippen LogP contribution in [0, 0.1) is 32.1 Å². The summed E-state index contributed by atoms with van der Waals surface area (Å²) >= 11 is 0. The first-order chi connectivity index (χ1) is 9.23. The molecule has 0 radical (unpaired) electrons. The van der Waals surface area contributed by atoms with Crippen molar-refractivity contribution >= 4 is 17.3 Å². The van der Waals surface area contributed by atoms with E-state index in [9.17, 15) is 25.0 Å². The van der Waals surface area contributed by atoms with Crippen LogP contribution in [-0.4, -0.2) is 20.9 Å². The van der Waals surface area contributed by atoms with Gasteiger partial charge in [0.15, 0.2) is 0 Å². The van der Waals surface area contributed by atoms with Gasteiger partial charge >= 0.3 is 5.97 Å². The Bertz CT molecular complexity index is 555. The van der Waals surface area contributed by atoms with Crippen LogP contribution in [0.15, 0.2) is 18.2 Å². The molecule has 0 aliphatic carbocycles. The molecule has 0 amide bonds. The molecule has 1 aromatic carbocycles. The van der Waals surface area contributed by atoms with Gasteiger partial charge < -0.3 is 5.11 Å². The second-order valence-corrected chi connectivity index (χ2v) is 4.72. The average Bonchev–Trinajstić information content (AvgIpc) is 2.34. The van der Waals surface area contributed by atoms with E-state index in [4.69, 9.17) is 5.11 Å². The zero-order valence-corrected chi connectivity index (χ0v) is 11.0. The maximum absolute atomic E-state index is 11.1. The fourth-order valence-corrected chi connectivity index (χ4v) is 1.85. The minimum absolute atomic E-state index is 0.0404. The molecule has 1 N–H and O–H groups in total. The van der Waals surface area contributed by atoms with E-state index in [1.165, 1.54) is 6.07 Å². The van der Waals surface area contributed by atoms with Gasteiger partial charge in [0.25, 0.3) is 11.4 Å². The Balaban J connectivity index is 3.20. The van der Waals surface area contributed by atoms with E-state index in [0.717, 1.165) is 12.1 Å². The predicted octanol–water partition coefficient (Wildman–Crippen LogP) is 2.40. The lowest BCUT2D eigenvalue weighted by atomic mass is 9.88. The standard InChI is InChI=1S/C12H14N2O6/c1-7(2)10(12(15)16)5-8-3-4-9(13(17)18)6-11(8)14(19)20/h3-4,6-7,10H,5H2,1-2H3,(H,15,16). The molecule has 1 atom stereocenters. The molecule has 1 rings (SSSR count). The largest absolute Gasteiger partial charge is 0.481 e. The maximum atomic E-state index is 11.1. The molecule has 0 bridgehead atoms. The topological polar surface area (TPSA) is 124 Å². The highest BCUT2D eigenvalue weighted by molar-refractivity contribution is 5.71. The Morgan fingerprint density at radius 1 is 1.25 bits per heavy atom. The van der Waals surface area contributed by atoms with Crippen molar-refractivity contribution in [2.75, 3.05) is 0 Å². The third-order valence-corrected chi connectivity index (χ3v) is 3.04. The smallest absolute Gasteiger partial charge is 0.307 e. The van der Waals surface area contributed by atoms with Crippen molar-refractivity contribution < 1.29 is 19.7 Å². The fourth-order valence-electron chi connectivity index (χ4n) is 1.85. The van der Waals surface area contributed by atoms with Crippen LogP contribution >= 0.6 is 0 Å². The van der Waals surface area contributed by atoms with Crippen LogP contribution in [0.1, 0.15) is 19.4 Å². The number of carbonyl (C=O) groups is 1. The minimum Gasteiger partial charge on any atom is -0.481 e. The van der Waals surface area contributed by atoms with Crippen LogP contribution < -0.4 is 0 Å². The van der Waals surface area contributed by atoms with Crippen molar-refractivity contribution in [2.24, 2.45) is 11.8 Å². The third kappa shape index (κ3) is 3.50. The van der Waals surface area contributed by atoms with Crippen LogP contribution in [0.4, 0.5) is 11.4 Å². The quantitative estimate of drug-likeness (QED) is 0.631. The Morgan fingerprint density at radius 3 is 2.25 bits per heavy atom. The van der Waals surface area contributed by atoms with Gasteiger partial charge in [-0.1, -0.05) is 13.8 Å². The molecule has 8 heteroatoms. The number of hydrogen-bond donors (Lipinski definition) is 1. The number of hydrogen-bond acceptors (Lipinski definition) is 5. The van der Waals surface area contributed by atoms with Gasteiger partial charge in [-0.3, -0.25) is 25.0 Å². The van der Waals surface area contributed by atoms with E-state index in [2.05, 4.69) is 0 Å². The number of non-ortho nitro benzene ring substituents is 1. The number of carboxylic acids is 1. The lowest BCUT2D eigenvalue weighted by Crippen LogP contribution is -2.22. The van der Waals surface area contributed by atoms with E-state index in [1.54, 1.807) is 13.8 Å². The van der Waals surface area contributed by atoms with Gasteiger partial charge in [-0.2, -0.15) is 0 Å². The van der Waals surface area contributed by atoms with Crippen LogP contribution in [0.5, 0.6) is 0 Å². The molecule has 1 aromatic rings. The number of rotatable bonds is 6. The average molecular weight is 282 g/mol.